The maximum atomic E-state index is 12.9. The molecule has 0 bridgehead atoms. The molecule has 0 spiro atoms. The lowest BCUT2D eigenvalue weighted by Crippen LogP contribution is -2.26. The Morgan fingerprint density at radius 1 is 1.42 bits per heavy atom. The number of aryl methyl sites for hydroxylation is 2. The molecule has 9 heteroatoms. The molecule has 24 heavy (non-hydrogen) atoms. The minimum Gasteiger partial charge on any atom is -0.465 e. The van der Waals surface area contributed by atoms with Gasteiger partial charge in [-0.05, 0) is 31.3 Å². The summed E-state index contributed by atoms with van der Waals surface area (Å²) in [6.07, 6.45) is 3.45. The zero-order valence-electron chi connectivity index (χ0n) is 13.1. The number of methoxy groups -OCH3 is 1. The van der Waals surface area contributed by atoms with Crippen molar-refractivity contribution in [2.75, 3.05) is 7.11 Å². The molecular formula is C15H15N5O3S. The number of nitrogens with zero attached hydrogens (tertiary/aromatic N) is 4. The molecule has 0 saturated heterocycles. The first-order valence-corrected chi connectivity index (χ1v) is 7.62. The van der Waals surface area contributed by atoms with Gasteiger partial charge in [-0.1, -0.05) is 0 Å². The summed E-state index contributed by atoms with van der Waals surface area (Å²) in [4.78, 5) is 32.1. The summed E-state index contributed by atoms with van der Waals surface area (Å²) in [7, 11) is 1.27. The van der Waals surface area contributed by atoms with Gasteiger partial charge >= 0.3 is 5.97 Å². The second-order valence-corrected chi connectivity index (χ2v) is 5.57. The highest BCUT2D eigenvalue weighted by Crippen LogP contribution is 2.14. The molecule has 0 aliphatic rings. The van der Waals surface area contributed by atoms with E-state index >= 15 is 0 Å². The third kappa shape index (κ3) is 2.85. The van der Waals surface area contributed by atoms with Crippen molar-refractivity contribution >= 4 is 29.2 Å². The molecule has 0 fully saturated rings. The first kappa shape index (κ1) is 16.1. The number of ether oxygens (including phenoxy) is 1. The number of rotatable bonds is 4. The molecule has 0 amide bonds. The number of esters is 1. The maximum absolute atomic E-state index is 12.9. The summed E-state index contributed by atoms with van der Waals surface area (Å²) >= 11 is 5.26. The monoisotopic (exact) mass is 345 g/mol. The van der Waals surface area contributed by atoms with Crippen LogP contribution in [0.25, 0.3) is 11.0 Å². The number of pyridine rings is 1. The van der Waals surface area contributed by atoms with Gasteiger partial charge in [0.25, 0.3) is 5.56 Å². The molecule has 0 radical (unpaired) electrons. The van der Waals surface area contributed by atoms with E-state index in [0.29, 0.717) is 18.8 Å². The summed E-state index contributed by atoms with van der Waals surface area (Å²) in [5.41, 5.74) is 0.654. The van der Waals surface area contributed by atoms with E-state index in [4.69, 9.17) is 17.0 Å². The molecule has 1 N–H and O–H groups in total. The molecule has 0 saturated carbocycles. The average molecular weight is 345 g/mol. The van der Waals surface area contributed by atoms with Crippen LogP contribution in [0.3, 0.4) is 0 Å². The van der Waals surface area contributed by atoms with Crippen molar-refractivity contribution in [2.45, 2.75) is 20.0 Å². The normalized spacial score (nSPS) is 10.9. The van der Waals surface area contributed by atoms with Gasteiger partial charge in [0.1, 0.15) is 5.65 Å². The van der Waals surface area contributed by atoms with E-state index in [1.807, 2.05) is 0 Å². The summed E-state index contributed by atoms with van der Waals surface area (Å²) < 4.78 is 8.10. The zero-order valence-corrected chi connectivity index (χ0v) is 14.0. The lowest BCUT2D eigenvalue weighted by molar-refractivity contribution is 0.0602. The third-order valence-electron chi connectivity index (χ3n) is 3.59. The van der Waals surface area contributed by atoms with Gasteiger partial charge < -0.3 is 9.72 Å². The second-order valence-electron chi connectivity index (χ2n) is 5.18. The number of carbonyl (C=O) groups is 1. The van der Waals surface area contributed by atoms with Gasteiger partial charge in [0.2, 0.25) is 0 Å². The van der Waals surface area contributed by atoms with Crippen molar-refractivity contribution in [1.82, 2.24) is 24.3 Å². The number of aromatic amines is 1. The molecule has 0 aromatic carbocycles. The van der Waals surface area contributed by atoms with E-state index in [-0.39, 0.29) is 26.9 Å². The van der Waals surface area contributed by atoms with Crippen molar-refractivity contribution in [3.8, 4) is 0 Å². The SMILES string of the molecule is COC(=O)c1cc(C)nc2[nH]c(=S)n(CCn3cccn3)c(=O)c12. The number of fused-ring (bicyclic) bond motifs is 1. The van der Waals surface area contributed by atoms with Crippen LogP contribution in [0.15, 0.2) is 29.3 Å². The fraction of sp³-hybridized carbons (Fsp3) is 0.267. The fourth-order valence-corrected chi connectivity index (χ4v) is 2.76. The van der Waals surface area contributed by atoms with E-state index in [0.717, 1.165) is 0 Å². The maximum Gasteiger partial charge on any atom is 0.338 e. The molecule has 0 atom stereocenters. The molecule has 124 valence electrons. The predicted octanol–water partition coefficient (Wildman–Crippen LogP) is 1.45. The van der Waals surface area contributed by atoms with Crippen molar-refractivity contribution in [3.05, 3.63) is 50.9 Å². The van der Waals surface area contributed by atoms with E-state index in [2.05, 4.69) is 15.1 Å². The van der Waals surface area contributed by atoms with Crippen LogP contribution in [0.5, 0.6) is 0 Å². The van der Waals surface area contributed by atoms with Crippen molar-refractivity contribution in [2.24, 2.45) is 0 Å². The van der Waals surface area contributed by atoms with Crippen molar-refractivity contribution in [1.29, 1.82) is 0 Å². The Morgan fingerprint density at radius 2 is 2.21 bits per heavy atom. The number of hydrogen-bond donors (Lipinski definition) is 1. The van der Waals surface area contributed by atoms with Crippen LogP contribution in [0.4, 0.5) is 0 Å². The van der Waals surface area contributed by atoms with Gasteiger partial charge in [0.05, 0.1) is 24.6 Å². The quantitative estimate of drug-likeness (QED) is 0.568. The third-order valence-corrected chi connectivity index (χ3v) is 3.92. The summed E-state index contributed by atoms with van der Waals surface area (Å²) in [6, 6.07) is 3.33. The Morgan fingerprint density at radius 3 is 2.88 bits per heavy atom. The lowest BCUT2D eigenvalue weighted by Gasteiger charge is -2.10. The highest BCUT2D eigenvalue weighted by atomic mass is 32.1. The fourth-order valence-electron chi connectivity index (χ4n) is 2.49. The van der Waals surface area contributed by atoms with Gasteiger partial charge in [-0.3, -0.25) is 14.0 Å². The standard InChI is InChI=1S/C15H15N5O3S/c1-9-8-10(14(22)23-2)11-12(17-9)18-15(24)20(13(11)21)7-6-19-5-3-4-16-19/h3-5,8H,6-7H2,1-2H3,(H,17,18,24). The van der Waals surface area contributed by atoms with Crippen LogP contribution >= 0.6 is 12.2 Å². The molecule has 0 unspecified atom stereocenters. The highest BCUT2D eigenvalue weighted by Gasteiger charge is 2.18. The zero-order chi connectivity index (χ0) is 17.3. The molecule has 3 rings (SSSR count). The summed E-state index contributed by atoms with van der Waals surface area (Å²) in [6.45, 7) is 2.52. The van der Waals surface area contributed by atoms with Crippen LogP contribution in [-0.2, 0) is 17.8 Å². The van der Waals surface area contributed by atoms with Crippen LogP contribution in [0, 0.1) is 11.7 Å². The van der Waals surface area contributed by atoms with E-state index in [1.54, 1.807) is 30.1 Å². The van der Waals surface area contributed by atoms with Gasteiger partial charge in [-0.15, -0.1) is 0 Å². The van der Waals surface area contributed by atoms with E-state index < -0.39 is 5.97 Å². The van der Waals surface area contributed by atoms with Crippen LogP contribution in [-0.4, -0.2) is 37.4 Å². The Bertz CT molecular complexity index is 1020. The number of H-pyrrole nitrogens is 1. The van der Waals surface area contributed by atoms with Crippen molar-refractivity contribution < 1.29 is 9.53 Å². The van der Waals surface area contributed by atoms with E-state index in [1.165, 1.54) is 17.7 Å². The molecule has 8 nitrogen and oxygen atoms in total. The average Bonchev–Trinajstić information content (AvgIpc) is 3.06. The molecule has 0 aliphatic carbocycles. The molecule has 3 aromatic heterocycles. The van der Waals surface area contributed by atoms with Crippen molar-refractivity contribution in [3.63, 3.8) is 0 Å². The lowest BCUT2D eigenvalue weighted by atomic mass is 10.1. The highest BCUT2D eigenvalue weighted by molar-refractivity contribution is 7.71. The Balaban J connectivity index is 2.17. The van der Waals surface area contributed by atoms with Crippen LogP contribution in [0.1, 0.15) is 16.1 Å². The molecule has 0 aliphatic heterocycles. The molecular weight excluding hydrogens is 330 g/mol. The Kier molecular flexibility index (Phi) is 4.26. The Labute approximate surface area is 141 Å². The number of aromatic nitrogens is 5. The van der Waals surface area contributed by atoms with E-state index in [9.17, 15) is 9.59 Å². The molecule has 3 aromatic rings. The van der Waals surface area contributed by atoms with Gasteiger partial charge in [-0.25, -0.2) is 9.78 Å². The first-order chi connectivity index (χ1) is 11.5. The number of nitrogens with one attached hydrogen (secondary N) is 1. The van der Waals surface area contributed by atoms with Gasteiger partial charge in [-0.2, -0.15) is 5.10 Å². The predicted molar refractivity (Wildman–Crippen MR) is 89.5 cm³/mol. The topological polar surface area (TPSA) is 94.8 Å². The van der Waals surface area contributed by atoms with Gasteiger partial charge in [0.15, 0.2) is 4.77 Å². The smallest absolute Gasteiger partial charge is 0.338 e. The molecule has 3 heterocycles. The number of carbonyl (C=O) groups excluding carboxylic acids is 1. The first-order valence-electron chi connectivity index (χ1n) is 7.21. The second kappa shape index (κ2) is 6.36. The van der Waals surface area contributed by atoms with Crippen LogP contribution in [0.2, 0.25) is 0 Å². The minimum atomic E-state index is -0.591. The Hall–Kier alpha value is -2.81. The van der Waals surface area contributed by atoms with Crippen LogP contribution < -0.4 is 5.56 Å². The minimum absolute atomic E-state index is 0.168. The summed E-state index contributed by atoms with van der Waals surface area (Å²) in [5.74, 6) is -0.591. The number of hydrogen-bond acceptors (Lipinski definition) is 6. The largest absolute Gasteiger partial charge is 0.465 e. The van der Waals surface area contributed by atoms with Gasteiger partial charge in [0, 0.05) is 24.6 Å². The summed E-state index contributed by atoms with van der Waals surface area (Å²) in [5, 5.41) is 4.26.